The maximum absolute atomic E-state index is 6.09. The van der Waals surface area contributed by atoms with Crippen LogP contribution >= 0.6 is 0 Å². The van der Waals surface area contributed by atoms with Gasteiger partial charge in [-0.1, -0.05) is 26.0 Å². The van der Waals surface area contributed by atoms with Gasteiger partial charge >= 0.3 is 0 Å². The number of benzene rings is 2. The lowest BCUT2D eigenvalue weighted by Gasteiger charge is -2.15. The Labute approximate surface area is 172 Å². The van der Waals surface area contributed by atoms with Crippen LogP contribution in [-0.2, 0) is 6.54 Å². The first-order valence-electron chi connectivity index (χ1n) is 9.98. The second-order valence-corrected chi connectivity index (χ2v) is 7.06. The highest BCUT2D eigenvalue weighted by Gasteiger charge is 2.07. The van der Waals surface area contributed by atoms with Crippen molar-refractivity contribution in [1.82, 2.24) is 14.9 Å². The number of aromatic nitrogens is 2. The molecule has 0 saturated carbocycles. The molecule has 0 unspecified atom stereocenters. The van der Waals surface area contributed by atoms with Crippen LogP contribution in [0.15, 0.2) is 54.7 Å². The van der Waals surface area contributed by atoms with E-state index in [0.29, 0.717) is 18.2 Å². The van der Waals surface area contributed by atoms with E-state index < -0.39 is 0 Å². The summed E-state index contributed by atoms with van der Waals surface area (Å²) in [7, 11) is 2.08. The van der Waals surface area contributed by atoms with E-state index in [0.717, 1.165) is 47.8 Å². The number of ether oxygens (including phenoxy) is 1. The molecule has 0 aliphatic carbocycles. The molecule has 0 aliphatic rings. The van der Waals surface area contributed by atoms with E-state index in [1.165, 1.54) is 0 Å². The van der Waals surface area contributed by atoms with Crippen molar-refractivity contribution in [2.45, 2.75) is 26.8 Å². The van der Waals surface area contributed by atoms with Gasteiger partial charge in [-0.25, -0.2) is 9.97 Å². The van der Waals surface area contributed by atoms with E-state index >= 15 is 0 Å². The maximum Gasteiger partial charge on any atom is 0.227 e. The summed E-state index contributed by atoms with van der Waals surface area (Å²) in [6.07, 6.45) is 2.73. The number of nitrogens with zero attached hydrogens (tertiary/aromatic N) is 3. The third kappa shape index (κ3) is 5.93. The Balaban J connectivity index is 1.80. The normalized spacial score (nSPS) is 10.9. The Kier molecular flexibility index (Phi) is 7.03. The molecule has 3 rings (SSSR count). The smallest absolute Gasteiger partial charge is 0.227 e. The van der Waals surface area contributed by atoms with Gasteiger partial charge in [-0.3, -0.25) is 0 Å². The molecule has 6 nitrogen and oxygen atoms in total. The molecule has 0 atom stereocenters. The van der Waals surface area contributed by atoms with Crippen molar-refractivity contribution in [3.63, 3.8) is 0 Å². The van der Waals surface area contributed by atoms with Crippen molar-refractivity contribution < 1.29 is 4.74 Å². The molecule has 0 radical (unpaired) electrons. The van der Waals surface area contributed by atoms with Gasteiger partial charge in [0.25, 0.3) is 0 Å². The zero-order valence-corrected chi connectivity index (χ0v) is 17.4. The summed E-state index contributed by atoms with van der Waals surface area (Å²) in [5.74, 6) is 1.38. The molecule has 0 saturated heterocycles. The van der Waals surface area contributed by atoms with Gasteiger partial charge in [-0.05, 0) is 62.0 Å². The van der Waals surface area contributed by atoms with Crippen LogP contribution in [0.1, 0.15) is 25.8 Å². The Morgan fingerprint density at radius 2 is 1.97 bits per heavy atom. The molecule has 152 valence electrons. The van der Waals surface area contributed by atoms with Crippen LogP contribution in [0.2, 0.25) is 0 Å². The molecule has 0 spiro atoms. The first-order valence-corrected chi connectivity index (χ1v) is 9.98. The summed E-state index contributed by atoms with van der Waals surface area (Å²) >= 11 is 0. The van der Waals surface area contributed by atoms with Gasteiger partial charge in [-0.2, -0.15) is 0 Å². The van der Waals surface area contributed by atoms with Gasteiger partial charge in [0.1, 0.15) is 5.75 Å². The Morgan fingerprint density at radius 3 is 2.76 bits per heavy atom. The highest BCUT2D eigenvalue weighted by atomic mass is 16.5. The quantitative estimate of drug-likeness (QED) is 0.515. The van der Waals surface area contributed by atoms with E-state index in [4.69, 9.17) is 10.5 Å². The molecule has 2 aromatic carbocycles. The number of nitrogens with two attached hydrogens (primary N) is 1. The zero-order valence-electron chi connectivity index (χ0n) is 17.4. The lowest BCUT2D eigenvalue weighted by atomic mass is 10.1. The number of anilines is 3. The Morgan fingerprint density at radius 1 is 1.10 bits per heavy atom. The summed E-state index contributed by atoms with van der Waals surface area (Å²) in [5.41, 5.74) is 10.7. The van der Waals surface area contributed by atoms with Crippen LogP contribution in [0.25, 0.3) is 11.3 Å². The standard InChI is InChI=1S/C23H29N5O/c1-4-11-29-21-8-6-7-18(14-21)22-9-10-25-23(27-22)26-20-13-17(12-19(24)15-20)16-28(3)5-2/h6-10,12-15H,4-5,11,16,24H2,1-3H3,(H,25,26,27). The van der Waals surface area contributed by atoms with Crippen molar-refractivity contribution >= 4 is 17.3 Å². The van der Waals surface area contributed by atoms with E-state index in [1.54, 1.807) is 6.20 Å². The lowest BCUT2D eigenvalue weighted by Crippen LogP contribution is -2.16. The number of hydrogen-bond acceptors (Lipinski definition) is 6. The molecule has 0 amide bonds. The van der Waals surface area contributed by atoms with E-state index in [1.807, 2.05) is 42.5 Å². The van der Waals surface area contributed by atoms with Gasteiger partial charge in [0.15, 0.2) is 0 Å². The van der Waals surface area contributed by atoms with Crippen LogP contribution in [0, 0.1) is 0 Å². The third-order valence-corrected chi connectivity index (χ3v) is 4.52. The van der Waals surface area contributed by atoms with E-state index in [-0.39, 0.29) is 0 Å². The van der Waals surface area contributed by atoms with Crippen molar-refractivity contribution in [1.29, 1.82) is 0 Å². The van der Waals surface area contributed by atoms with Crippen LogP contribution in [0.4, 0.5) is 17.3 Å². The highest BCUT2D eigenvalue weighted by Crippen LogP contribution is 2.25. The highest BCUT2D eigenvalue weighted by molar-refractivity contribution is 5.65. The molecular weight excluding hydrogens is 362 g/mol. The van der Waals surface area contributed by atoms with Crippen molar-refractivity contribution in [3.05, 3.63) is 60.3 Å². The molecule has 3 N–H and O–H groups in total. The molecule has 3 aromatic rings. The zero-order chi connectivity index (χ0) is 20.6. The predicted octanol–water partition coefficient (Wildman–Crippen LogP) is 4.71. The number of rotatable bonds is 9. The minimum atomic E-state index is 0.530. The number of nitrogens with one attached hydrogen (secondary N) is 1. The molecule has 1 heterocycles. The summed E-state index contributed by atoms with van der Waals surface area (Å²) in [5, 5.41) is 3.28. The second-order valence-electron chi connectivity index (χ2n) is 7.06. The fraction of sp³-hybridized carbons (Fsp3) is 0.304. The number of nitrogen functional groups attached to an aromatic ring is 1. The minimum Gasteiger partial charge on any atom is -0.494 e. The van der Waals surface area contributed by atoms with Crippen LogP contribution in [-0.4, -0.2) is 35.1 Å². The molecule has 0 bridgehead atoms. The van der Waals surface area contributed by atoms with Gasteiger partial charge in [0.05, 0.1) is 12.3 Å². The lowest BCUT2D eigenvalue weighted by molar-refractivity contribution is 0.317. The average Bonchev–Trinajstić information content (AvgIpc) is 2.72. The van der Waals surface area contributed by atoms with Crippen molar-refractivity contribution in [3.8, 4) is 17.0 Å². The summed E-state index contributed by atoms with van der Waals surface area (Å²) in [4.78, 5) is 11.3. The Bertz CT molecular complexity index is 944. The molecule has 6 heteroatoms. The topological polar surface area (TPSA) is 76.3 Å². The fourth-order valence-corrected chi connectivity index (χ4v) is 2.98. The minimum absolute atomic E-state index is 0.530. The predicted molar refractivity (Wildman–Crippen MR) is 119 cm³/mol. The third-order valence-electron chi connectivity index (χ3n) is 4.52. The summed E-state index contributed by atoms with van der Waals surface area (Å²) in [6, 6.07) is 15.8. The van der Waals surface area contributed by atoms with Gasteiger partial charge in [-0.15, -0.1) is 0 Å². The van der Waals surface area contributed by atoms with Gasteiger partial charge in [0, 0.05) is 29.7 Å². The van der Waals surface area contributed by atoms with Crippen LogP contribution in [0.5, 0.6) is 5.75 Å². The SMILES string of the molecule is CCCOc1cccc(-c2ccnc(Nc3cc(N)cc(CN(C)CC)c3)n2)c1. The maximum atomic E-state index is 6.09. The first-order chi connectivity index (χ1) is 14.1. The van der Waals surface area contributed by atoms with E-state index in [9.17, 15) is 0 Å². The second kappa shape index (κ2) is 9.89. The molecule has 1 aromatic heterocycles. The van der Waals surface area contributed by atoms with E-state index in [2.05, 4.69) is 47.1 Å². The molecule has 0 fully saturated rings. The Hall–Kier alpha value is -3.12. The van der Waals surface area contributed by atoms with Gasteiger partial charge < -0.3 is 20.7 Å². The van der Waals surface area contributed by atoms with Crippen molar-refractivity contribution in [2.24, 2.45) is 0 Å². The molecule has 29 heavy (non-hydrogen) atoms. The van der Waals surface area contributed by atoms with Crippen LogP contribution in [0.3, 0.4) is 0 Å². The first kappa shape index (κ1) is 20.6. The van der Waals surface area contributed by atoms with Crippen molar-refractivity contribution in [2.75, 3.05) is 31.2 Å². The fourth-order valence-electron chi connectivity index (χ4n) is 2.98. The monoisotopic (exact) mass is 391 g/mol. The average molecular weight is 392 g/mol. The summed E-state index contributed by atoms with van der Waals surface area (Å²) in [6.45, 7) is 6.73. The largest absolute Gasteiger partial charge is 0.494 e. The number of hydrogen-bond donors (Lipinski definition) is 2. The van der Waals surface area contributed by atoms with Gasteiger partial charge in [0.2, 0.25) is 5.95 Å². The molecule has 0 aliphatic heterocycles. The summed E-state index contributed by atoms with van der Waals surface area (Å²) < 4.78 is 5.73. The van der Waals surface area contributed by atoms with Crippen LogP contribution < -0.4 is 15.8 Å². The molecular formula is C23H29N5O.